The second-order valence-corrected chi connectivity index (χ2v) is 3.69. The third-order valence-corrected chi connectivity index (χ3v) is 2.63. The molecule has 2 unspecified atom stereocenters. The Morgan fingerprint density at radius 3 is 2.27 bits per heavy atom. The molecule has 0 aromatic carbocycles. The number of amides is 2. The summed E-state index contributed by atoms with van der Waals surface area (Å²) in [7, 11) is 3.29. The first-order valence-corrected chi connectivity index (χ1v) is 5.31. The average molecular weight is 216 g/mol. The molecule has 1 rings (SSSR count). The van der Waals surface area contributed by atoms with Crippen LogP contribution in [-0.4, -0.2) is 57.0 Å². The number of urea groups is 1. The second kappa shape index (κ2) is 5.92. The Morgan fingerprint density at radius 2 is 1.87 bits per heavy atom. The molecule has 0 aromatic heterocycles. The van der Waals surface area contributed by atoms with E-state index in [1.165, 1.54) is 0 Å². The molecule has 0 spiro atoms. The van der Waals surface area contributed by atoms with Crippen LogP contribution in [0.5, 0.6) is 0 Å². The van der Waals surface area contributed by atoms with Crippen LogP contribution in [0.1, 0.15) is 13.3 Å². The molecule has 0 aliphatic carbocycles. The summed E-state index contributed by atoms with van der Waals surface area (Å²) < 4.78 is 10.5. The van der Waals surface area contributed by atoms with Gasteiger partial charge in [0, 0.05) is 20.8 Å². The van der Waals surface area contributed by atoms with E-state index in [0.717, 1.165) is 6.42 Å². The van der Waals surface area contributed by atoms with Gasteiger partial charge in [-0.25, -0.2) is 4.79 Å². The fourth-order valence-electron chi connectivity index (χ4n) is 1.71. The molecule has 2 amide bonds. The molecule has 0 bridgehead atoms. The van der Waals surface area contributed by atoms with Crippen LogP contribution in [0.15, 0.2) is 0 Å². The number of hydrogen-bond acceptors (Lipinski definition) is 3. The zero-order valence-electron chi connectivity index (χ0n) is 9.66. The van der Waals surface area contributed by atoms with Crippen LogP contribution < -0.4 is 5.32 Å². The molecule has 2 atom stereocenters. The van der Waals surface area contributed by atoms with E-state index in [0.29, 0.717) is 19.6 Å². The predicted molar refractivity (Wildman–Crippen MR) is 56.9 cm³/mol. The van der Waals surface area contributed by atoms with Gasteiger partial charge >= 0.3 is 6.03 Å². The highest BCUT2D eigenvalue weighted by Gasteiger charge is 2.35. The highest BCUT2D eigenvalue weighted by Crippen LogP contribution is 2.15. The standard InChI is InChI=1S/C10H20N2O3/c1-4-5-11-10(13)12-6-8(14-2)9(7-12)15-3/h8-9H,4-7H2,1-3H3,(H,11,13). The molecule has 1 aliphatic heterocycles. The molecule has 1 fully saturated rings. The zero-order chi connectivity index (χ0) is 11.3. The van der Waals surface area contributed by atoms with Crippen molar-refractivity contribution in [3.05, 3.63) is 0 Å². The monoisotopic (exact) mass is 216 g/mol. The summed E-state index contributed by atoms with van der Waals surface area (Å²) >= 11 is 0. The van der Waals surface area contributed by atoms with Gasteiger partial charge in [0.2, 0.25) is 0 Å². The van der Waals surface area contributed by atoms with Gasteiger partial charge < -0.3 is 19.7 Å². The number of methoxy groups -OCH3 is 2. The van der Waals surface area contributed by atoms with Gasteiger partial charge in [-0.1, -0.05) is 6.92 Å². The fraction of sp³-hybridized carbons (Fsp3) is 0.900. The van der Waals surface area contributed by atoms with Gasteiger partial charge in [0.25, 0.3) is 0 Å². The SMILES string of the molecule is CCCNC(=O)N1CC(OC)C(OC)C1. The first kappa shape index (κ1) is 12.3. The van der Waals surface area contributed by atoms with E-state index in [9.17, 15) is 4.79 Å². The number of carbonyl (C=O) groups excluding carboxylic acids is 1. The lowest BCUT2D eigenvalue weighted by Gasteiger charge is -2.16. The maximum absolute atomic E-state index is 11.6. The summed E-state index contributed by atoms with van der Waals surface area (Å²) in [5.41, 5.74) is 0. The number of ether oxygens (including phenoxy) is 2. The minimum absolute atomic E-state index is 0.0117. The molecule has 88 valence electrons. The first-order valence-electron chi connectivity index (χ1n) is 5.31. The van der Waals surface area contributed by atoms with Crippen molar-refractivity contribution < 1.29 is 14.3 Å². The van der Waals surface area contributed by atoms with Crippen molar-refractivity contribution in [3.63, 3.8) is 0 Å². The minimum atomic E-state index is -0.0292. The molecule has 0 saturated carbocycles. The molecule has 15 heavy (non-hydrogen) atoms. The normalized spacial score (nSPS) is 25.7. The lowest BCUT2D eigenvalue weighted by atomic mass is 10.3. The van der Waals surface area contributed by atoms with Crippen LogP contribution in [0.2, 0.25) is 0 Å². The van der Waals surface area contributed by atoms with Gasteiger partial charge in [-0.05, 0) is 6.42 Å². The third kappa shape index (κ3) is 3.07. The van der Waals surface area contributed by atoms with E-state index >= 15 is 0 Å². The van der Waals surface area contributed by atoms with Crippen molar-refractivity contribution in [1.82, 2.24) is 10.2 Å². The Kier molecular flexibility index (Phi) is 4.84. The zero-order valence-corrected chi connectivity index (χ0v) is 9.66. The molecular weight excluding hydrogens is 196 g/mol. The number of carbonyl (C=O) groups is 1. The Bertz CT molecular complexity index is 199. The summed E-state index contributed by atoms with van der Waals surface area (Å²) in [4.78, 5) is 13.4. The number of rotatable bonds is 4. The second-order valence-electron chi connectivity index (χ2n) is 3.69. The third-order valence-electron chi connectivity index (χ3n) is 2.63. The summed E-state index contributed by atoms with van der Waals surface area (Å²) in [6.45, 7) is 3.94. The van der Waals surface area contributed by atoms with E-state index in [-0.39, 0.29) is 18.2 Å². The maximum atomic E-state index is 11.6. The summed E-state index contributed by atoms with van der Waals surface area (Å²) in [5, 5.41) is 2.84. The Hall–Kier alpha value is -0.810. The van der Waals surface area contributed by atoms with Crippen LogP contribution in [0, 0.1) is 0 Å². The molecule has 1 saturated heterocycles. The number of likely N-dealkylation sites (tertiary alicyclic amines) is 1. The van der Waals surface area contributed by atoms with E-state index in [2.05, 4.69) is 5.32 Å². The van der Waals surface area contributed by atoms with Crippen LogP contribution in [0.3, 0.4) is 0 Å². The summed E-state index contributed by atoms with van der Waals surface area (Å²) in [6, 6.07) is -0.0292. The van der Waals surface area contributed by atoms with Crippen LogP contribution in [-0.2, 0) is 9.47 Å². The Morgan fingerprint density at radius 1 is 1.33 bits per heavy atom. The predicted octanol–water partition coefficient (Wildman–Crippen LogP) is 0.452. The van der Waals surface area contributed by atoms with Crippen molar-refractivity contribution in [2.45, 2.75) is 25.6 Å². The number of nitrogens with one attached hydrogen (secondary N) is 1. The van der Waals surface area contributed by atoms with E-state index < -0.39 is 0 Å². The lowest BCUT2D eigenvalue weighted by Crippen LogP contribution is -2.39. The van der Waals surface area contributed by atoms with Crippen molar-refractivity contribution in [2.75, 3.05) is 33.9 Å². The van der Waals surface area contributed by atoms with Crippen LogP contribution >= 0.6 is 0 Å². The Balaban J connectivity index is 2.42. The molecule has 0 radical (unpaired) electrons. The van der Waals surface area contributed by atoms with Gasteiger partial charge in [0.1, 0.15) is 12.2 Å². The first-order chi connectivity index (χ1) is 7.22. The lowest BCUT2D eigenvalue weighted by molar-refractivity contribution is -0.00461. The Labute approximate surface area is 90.7 Å². The smallest absolute Gasteiger partial charge is 0.317 e. The molecule has 1 N–H and O–H groups in total. The fourth-order valence-corrected chi connectivity index (χ4v) is 1.71. The number of hydrogen-bond donors (Lipinski definition) is 1. The average Bonchev–Trinajstić information content (AvgIpc) is 2.68. The largest absolute Gasteiger partial charge is 0.377 e. The van der Waals surface area contributed by atoms with Crippen molar-refractivity contribution in [2.24, 2.45) is 0 Å². The van der Waals surface area contributed by atoms with E-state index in [1.807, 2.05) is 6.92 Å². The number of nitrogens with zero attached hydrogens (tertiary/aromatic N) is 1. The molecule has 5 heteroatoms. The molecule has 5 nitrogen and oxygen atoms in total. The molecule has 1 aliphatic rings. The quantitative estimate of drug-likeness (QED) is 0.742. The molecule has 1 heterocycles. The van der Waals surface area contributed by atoms with Crippen molar-refractivity contribution >= 4 is 6.03 Å². The highest BCUT2D eigenvalue weighted by atomic mass is 16.5. The summed E-state index contributed by atoms with van der Waals surface area (Å²) in [6.07, 6.45) is 0.922. The van der Waals surface area contributed by atoms with Crippen LogP contribution in [0.25, 0.3) is 0 Å². The van der Waals surface area contributed by atoms with Gasteiger partial charge in [0.05, 0.1) is 13.1 Å². The van der Waals surface area contributed by atoms with Gasteiger partial charge in [-0.15, -0.1) is 0 Å². The highest BCUT2D eigenvalue weighted by molar-refractivity contribution is 5.74. The van der Waals surface area contributed by atoms with Crippen LogP contribution in [0.4, 0.5) is 4.79 Å². The van der Waals surface area contributed by atoms with Crippen molar-refractivity contribution in [3.8, 4) is 0 Å². The van der Waals surface area contributed by atoms with Gasteiger partial charge in [-0.3, -0.25) is 0 Å². The summed E-state index contributed by atoms with van der Waals surface area (Å²) in [5.74, 6) is 0. The van der Waals surface area contributed by atoms with Gasteiger partial charge in [0.15, 0.2) is 0 Å². The van der Waals surface area contributed by atoms with Crippen molar-refractivity contribution in [1.29, 1.82) is 0 Å². The van der Waals surface area contributed by atoms with E-state index in [1.54, 1.807) is 19.1 Å². The van der Waals surface area contributed by atoms with E-state index in [4.69, 9.17) is 9.47 Å². The maximum Gasteiger partial charge on any atom is 0.317 e. The minimum Gasteiger partial charge on any atom is -0.377 e. The topological polar surface area (TPSA) is 50.8 Å². The molecular formula is C10H20N2O3. The molecule has 0 aromatic rings. The van der Waals surface area contributed by atoms with Gasteiger partial charge in [-0.2, -0.15) is 0 Å².